The molecule has 3 aliphatic rings. The summed E-state index contributed by atoms with van der Waals surface area (Å²) in [4.78, 5) is 17.8. The number of benzene rings is 2. The van der Waals surface area contributed by atoms with E-state index >= 15 is 0 Å². The predicted octanol–water partition coefficient (Wildman–Crippen LogP) is 4.62. The molecule has 0 aromatic heterocycles. The van der Waals surface area contributed by atoms with E-state index in [9.17, 15) is 4.79 Å². The van der Waals surface area contributed by atoms with Crippen LogP contribution in [-0.4, -0.2) is 67.2 Å². The van der Waals surface area contributed by atoms with E-state index in [-0.39, 0.29) is 17.6 Å². The third kappa shape index (κ3) is 6.28. The number of para-hydroxylation sites is 1. The maximum absolute atomic E-state index is 12.7. The highest BCUT2D eigenvalue weighted by Gasteiger charge is 2.42. The number of nitrogens with one attached hydrogen (secondary N) is 1. The Kier molecular flexibility index (Phi) is 8.25. The maximum Gasteiger partial charge on any atom is 0.251 e. The lowest BCUT2D eigenvalue weighted by molar-refractivity contribution is -0.0765. The normalized spacial score (nSPS) is 22.5. The number of ether oxygens (including phenoxy) is 2. The van der Waals surface area contributed by atoms with Crippen LogP contribution in [0.25, 0.3) is 0 Å². The lowest BCUT2D eigenvalue weighted by Crippen LogP contribution is -2.44. The van der Waals surface area contributed by atoms with E-state index in [1.54, 1.807) is 7.11 Å². The van der Waals surface area contributed by atoms with Gasteiger partial charge in [0.05, 0.1) is 18.8 Å². The predicted molar refractivity (Wildman–Crippen MR) is 142 cm³/mol. The number of methoxy groups -OCH3 is 1. The summed E-state index contributed by atoms with van der Waals surface area (Å²) in [7, 11) is 1.74. The smallest absolute Gasteiger partial charge is 0.251 e. The highest BCUT2D eigenvalue weighted by Crippen LogP contribution is 2.39. The Hall–Kier alpha value is -2.41. The first-order chi connectivity index (χ1) is 17.6. The standard InChI is InChI=1S/C30H41N3O3/c1-35-28-8-4-3-7-26(28)23-33-19-15-30(16-20-33)14-13-27(36-30)21-31-29(34)25-11-9-24(10-12-25)22-32-17-5-2-6-18-32/h3-4,7-12,27H,2,5-6,13-23H2,1H3,(H,31,34)/t27-/m0/s1. The average molecular weight is 492 g/mol. The summed E-state index contributed by atoms with van der Waals surface area (Å²) in [5.74, 6) is 0.957. The molecule has 1 amide bonds. The van der Waals surface area contributed by atoms with E-state index < -0.39 is 0 Å². The fraction of sp³-hybridized carbons (Fsp3) is 0.567. The monoisotopic (exact) mass is 491 g/mol. The van der Waals surface area contributed by atoms with Crippen LogP contribution in [0.4, 0.5) is 0 Å². The first-order valence-electron chi connectivity index (χ1n) is 13.7. The van der Waals surface area contributed by atoms with Crippen molar-refractivity contribution in [2.45, 2.75) is 69.7 Å². The van der Waals surface area contributed by atoms with Crippen LogP contribution >= 0.6 is 0 Å². The summed E-state index contributed by atoms with van der Waals surface area (Å²) in [5, 5.41) is 3.12. The maximum atomic E-state index is 12.7. The third-order valence-corrected chi connectivity index (χ3v) is 8.25. The van der Waals surface area contributed by atoms with Crippen LogP contribution in [0, 0.1) is 0 Å². The van der Waals surface area contributed by atoms with Gasteiger partial charge in [-0.25, -0.2) is 0 Å². The molecular weight excluding hydrogens is 450 g/mol. The zero-order valence-corrected chi connectivity index (χ0v) is 21.7. The summed E-state index contributed by atoms with van der Waals surface area (Å²) in [6.45, 7) is 6.91. The Balaban J connectivity index is 1.05. The number of hydrogen-bond acceptors (Lipinski definition) is 5. The zero-order chi connectivity index (χ0) is 24.8. The quantitative estimate of drug-likeness (QED) is 0.584. The van der Waals surface area contributed by atoms with Gasteiger partial charge in [-0.05, 0) is 75.4 Å². The Bertz CT molecular complexity index is 995. The van der Waals surface area contributed by atoms with Crippen LogP contribution in [0.15, 0.2) is 48.5 Å². The summed E-state index contributed by atoms with van der Waals surface area (Å²) in [6, 6.07) is 16.4. The van der Waals surface area contributed by atoms with Gasteiger partial charge in [-0.15, -0.1) is 0 Å². The molecule has 6 nitrogen and oxygen atoms in total. The van der Waals surface area contributed by atoms with Gasteiger partial charge < -0.3 is 14.8 Å². The van der Waals surface area contributed by atoms with Crippen molar-refractivity contribution in [2.24, 2.45) is 0 Å². The molecule has 0 unspecified atom stereocenters. The van der Waals surface area contributed by atoms with Gasteiger partial charge in [0.1, 0.15) is 5.75 Å². The van der Waals surface area contributed by atoms with Crippen LogP contribution in [0.5, 0.6) is 5.75 Å². The van der Waals surface area contributed by atoms with Crippen LogP contribution in [-0.2, 0) is 17.8 Å². The van der Waals surface area contributed by atoms with Gasteiger partial charge in [0.15, 0.2) is 0 Å². The van der Waals surface area contributed by atoms with Crippen LogP contribution < -0.4 is 10.1 Å². The molecule has 6 heteroatoms. The summed E-state index contributed by atoms with van der Waals surface area (Å²) in [6.07, 6.45) is 8.24. The van der Waals surface area contributed by atoms with Crippen LogP contribution in [0.2, 0.25) is 0 Å². The number of rotatable bonds is 8. The lowest BCUT2D eigenvalue weighted by Gasteiger charge is -2.39. The number of carbonyl (C=O) groups is 1. The minimum Gasteiger partial charge on any atom is -0.496 e. The minimum absolute atomic E-state index is 0.00398. The van der Waals surface area contributed by atoms with Gasteiger partial charge >= 0.3 is 0 Å². The molecular formula is C30H41N3O3. The molecule has 3 saturated heterocycles. The highest BCUT2D eigenvalue weighted by molar-refractivity contribution is 5.94. The SMILES string of the molecule is COc1ccccc1CN1CCC2(CC[C@@H](CNC(=O)c3ccc(CN4CCCCC4)cc3)O2)CC1. The van der Waals surface area contributed by atoms with Crippen molar-refractivity contribution in [3.8, 4) is 5.75 Å². The van der Waals surface area contributed by atoms with Crippen molar-refractivity contribution in [1.82, 2.24) is 15.1 Å². The number of likely N-dealkylation sites (tertiary alicyclic amines) is 2. The Morgan fingerprint density at radius 1 is 0.944 bits per heavy atom. The van der Waals surface area contributed by atoms with E-state index in [1.807, 2.05) is 24.3 Å². The molecule has 0 radical (unpaired) electrons. The number of piperidine rings is 2. The number of amides is 1. The van der Waals surface area contributed by atoms with Crippen molar-refractivity contribution in [3.63, 3.8) is 0 Å². The first kappa shape index (κ1) is 25.2. The molecule has 36 heavy (non-hydrogen) atoms. The molecule has 2 aromatic rings. The van der Waals surface area contributed by atoms with Crippen molar-refractivity contribution in [1.29, 1.82) is 0 Å². The van der Waals surface area contributed by atoms with E-state index in [0.717, 1.165) is 63.2 Å². The van der Waals surface area contributed by atoms with Crippen LogP contribution in [0.1, 0.15) is 66.4 Å². The summed E-state index contributed by atoms with van der Waals surface area (Å²) in [5.41, 5.74) is 3.23. The molecule has 3 aliphatic heterocycles. The molecule has 0 aliphatic carbocycles. The molecule has 0 bridgehead atoms. The van der Waals surface area contributed by atoms with Crippen molar-refractivity contribution >= 4 is 5.91 Å². The van der Waals surface area contributed by atoms with Gasteiger partial charge in [0.2, 0.25) is 0 Å². The van der Waals surface area contributed by atoms with Gasteiger partial charge in [-0.1, -0.05) is 36.8 Å². The second kappa shape index (κ2) is 11.8. The van der Waals surface area contributed by atoms with Gasteiger partial charge in [-0.2, -0.15) is 0 Å². The topological polar surface area (TPSA) is 54.0 Å². The summed E-state index contributed by atoms with van der Waals surface area (Å²) >= 11 is 0. The van der Waals surface area contributed by atoms with Gasteiger partial charge in [-0.3, -0.25) is 14.6 Å². The van der Waals surface area contributed by atoms with Crippen molar-refractivity contribution in [2.75, 3.05) is 39.8 Å². The Labute approximate surface area is 215 Å². The summed E-state index contributed by atoms with van der Waals surface area (Å²) < 4.78 is 12.1. The Morgan fingerprint density at radius 3 is 2.42 bits per heavy atom. The fourth-order valence-electron chi connectivity index (χ4n) is 6.05. The highest BCUT2D eigenvalue weighted by atomic mass is 16.5. The first-order valence-corrected chi connectivity index (χ1v) is 13.7. The second-order valence-electron chi connectivity index (χ2n) is 10.8. The second-order valence-corrected chi connectivity index (χ2v) is 10.8. The fourth-order valence-corrected chi connectivity index (χ4v) is 6.05. The molecule has 3 fully saturated rings. The Morgan fingerprint density at radius 2 is 1.67 bits per heavy atom. The van der Waals surface area contributed by atoms with Gasteiger partial charge in [0, 0.05) is 43.9 Å². The number of carbonyl (C=O) groups excluding carboxylic acids is 1. The lowest BCUT2D eigenvalue weighted by atomic mass is 9.88. The largest absolute Gasteiger partial charge is 0.496 e. The number of nitrogens with zero attached hydrogens (tertiary/aromatic N) is 2. The molecule has 1 atom stereocenters. The number of hydrogen-bond donors (Lipinski definition) is 1. The molecule has 1 spiro atoms. The zero-order valence-electron chi connectivity index (χ0n) is 21.7. The van der Waals surface area contributed by atoms with E-state index in [0.29, 0.717) is 6.54 Å². The molecule has 0 saturated carbocycles. The average Bonchev–Trinajstić information content (AvgIpc) is 3.32. The molecule has 2 aromatic carbocycles. The molecule has 194 valence electrons. The van der Waals surface area contributed by atoms with Crippen molar-refractivity contribution < 1.29 is 14.3 Å². The van der Waals surface area contributed by atoms with E-state index in [4.69, 9.17) is 9.47 Å². The third-order valence-electron chi connectivity index (χ3n) is 8.25. The molecule has 5 rings (SSSR count). The minimum atomic E-state index is -0.0250. The molecule has 1 N–H and O–H groups in total. The van der Waals surface area contributed by atoms with Crippen molar-refractivity contribution in [3.05, 3.63) is 65.2 Å². The van der Waals surface area contributed by atoms with E-state index in [1.165, 1.54) is 43.5 Å². The van der Waals surface area contributed by atoms with Gasteiger partial charge in [0.25, 0.3) is 5.91 Å². The molecule has 3 heterocycles. The van der Waals surface area contributed by atoms with E-state index in [2.05, 4.69) is 39.4 Å². The van der Waals surface area contributed by atoms with Crippen LogP contribution in [0.3, 0.4) is 0 Å².